The van der Waals surface area contributed by atoms with E-state index in [1.54, 1.807) is 0 Å². The summed E-state index contributed by atoms with van der Waals surface area (Å²) >= 11 is 0. The number of carbonyl (C=O) groups excluding carboxylic acids is 2. The van der Waals surface area contributed by atoms with Gasteiger partial charge in [-0.3, -0.25) is 9.59 Å². The maximum Gasteiger partial charge on any atom is 0.246 e. The van der Waals surface area contributed by atoms with Crippen molar-refractivity contribution in [3.63, 3.8) is 0 Å². The summed E-state index contributed by atoms with van der Waals surface area (Å²) in [5, 5.41) is 0. The molecule has 2 amide bonds. The van der Waals surface area contributed by atoms with Gasteiger partial charge >= 0.3 is 0 Å². The molecule has 1 aromatic rings. The van der Waals surface area contributed by atoms with Crippen LogP contribution >= 0.6 is 0 Å². The lowest BCUT2D eigenvalue weighted by Crippen LogP contribution is -2.43. The molecule has 128 valence electrons. The number of carbonyl (C=O) groups is 2. The fraction of sp³-hybridized carbons (Fsp3) is 0.400. The van der Waals surface area contributed by atoms with Gasteiger partial charge in [0.25, 0.3) is 0 Å². The van der Waals surface area contributed by atoms with Crippen molar-refractivity contribution in [1.82, 2.24) is 9.80 Å². The third-order valence-electron chi connectivity index (χ3n) is 4.71. The number of hydrogen-bond acceptors (Lipinski definition) is 2. The van der Waals surface area contributed by atoms with E-state index in [1.807, 2.05) is 11.8 Å². The van der Waals surface area contributed by atoms with Crippen molar-refractivity contribution in [3.05, 3.63) is 53.6 Å². The maximum absolute atomic E-state index is 12.4. The Morgan fingerprint density at radius 3 is 2.67 bits per heavy atom. The van der Waals surface area contributed by atoms with Gasteiger partial charge in [-0.2, -0.15) is 0 Å². The number of rotatable bonds is 5. The fourth-order valence-corrected chi connectivity index (χ4v) is 2.98. The van der Waals surface area contributed by atoms with Crippen LogP contribution in [0.1, 0.15) is 30.0 Å². The van der Waals surface area contributed by atoms with E-state index in [-0.39, 0.29) is 18.4 Å². The van der Waals surface area contributed by atoms with Crippen LogP contribution in [0.4, 0.5) is 0 Å². The van der Waals surface area contributed by atoms with Gasteiger partial charge in [0.1, 0.15) is 6.54 Å². The van der Waals surface area contributed by atoms with Gasteiger partial charge in [-0.05, 0) is 55.5 Å². The van der Waals surface area contributed by atoms with Crippen molar-refractivity contribution in [2.75, 3.05) is 26.2 Å². The van der Waals surface area contributed by atoms with E-state index in [1.165, 1.54) is 33.2 Å². The van der Waals surface area contributed by atoms with E-state index in [4.69, 9.17) is 0 Å². The Labute approximate surface area is 144 Å². The van der Waals surface area contributed by atoms with Crippen LogP contribution in [-0.4, -0.2) is 47.8 Å². The lowest BCUT2D eigenvalue weighted by Gasteiger charge is -2.29. The molecule has 0 radical (unpaired) electrons. The van der Waals surface area contributed by atoms with Crippen LogP contribution in [0.2, 0.25) is 0 Å². The van der Waals surface area contributed by atoms with Gasteiger partial charge in [0, 0.05) is 19.6 Å². The third kappa shape index (κ3) is 3.94. The summed E-state index contributed by atoms with van der Waals surface area (Å²) < 4.78 is 0. The summed E-state index contributed by atoms with van der Waals surface area (Å²) in [6.07, 6.45) is 4.23. The SMILES string of the molecule is C=CC(=O)N(CC)CC(=O)N1CC=C(c2cccc(C)c2C)CC1. The highest BCUT2D eigenvalue weighted by Crippen LogP contribution is 2.26. The largest absolute Gasteiger partial charge is 0.337 e. The van der Waals surface area contributed by atoms with Crippen molar-refractivity contribution in [2.45, 2.75) is 27.2 Å². The Balaban J connectivity index is 2.04. The molecule has 0 N–H and O–H groups in total. The van der Waals surface area contributed by atoms with E-state index in [0.29, 0.717) is 19.6 Å². The fourth-order valence-electron chi connectivity index (χ4n) is 2.98. The van der Waals surface area contributed by atoms with Gasteiger partial charge < -0.3 is 9.80 Å². The Morgan fingerprint density at radius 1 is 1.33 bits per heavy atom. The van der Waals surface area contributed by atoms with Crippen molar-refractivity contribution < 1.29 is 9.59 Å². The van der Waals surface area contributed by atoms with E-state index in [2.05, 4.69) is 44.7 Å². The number of amides is 2. The minimum Gasteiger partial charge on any atom is -0.337 e. The molecule has 1 heterocycles. The summed E-state index contributed by atoms with van der Waals surface area (Å²) in [5.41, 5.74) is 5.17. The van der Waals surface area contributed by atoms with Gasteiger partial charge in [-0.15, -0.1) is 0 Å². The Morgan fingerprint density at radius 2 is 2.08 bits per heavy atom. The predicted molar refractivity (Wildman–Crippen MR) is 97.5 cm³/mol. The standard InChI is InChI=1S/C20H26N2O2/c1-5-19(23)21(6-2)14-20(24)22-12-10-17(11-13-22)18-9-7-8-15(3)16(18)4/h5,7-10H,1,6,11-14H2,2-4H3. The molecule has 0 bridgehead atoms. The average Bonchev–Trinajstić information content (AvgIpc) is 2.61. The van der Waals surface area contributed by atoms with Crippen molar-refractivity contribution in [1.29, 1.82) is 0 Å². The molecule has 1 aromatic carbocycles. The third-order valence-corrected chi connectivity index (χ3v) is 4.71. The molecular formula is C20H26N2O2. The Bertz CT molecular complexity index is 676. The molecule has 0 atom stereocenters. The topological polar surface area (TPSA) is 40.6 Å². The smallest absolute Gasteiger partial charge is 0.246 e. The highest BCUT2D eigenvalue weighted by Gasteiger charge is 2.21. The number of benzene rings is 1. The molecule has 0 saturated heterocycles. The van der Waals surface area contributed by atoms with Crippen LogP contribution in [0.15, 0.2) is 36.9 Å². The summed E-state index contributed by atoms with van der Waals surface area (Å²) in [5.74, 6) is -0.210. The Kier molecular flexibility index (Phi) is 5.96. The minimum atomic E-state index is -0.200. The first-order valence-corrected chi connectivity index (χ1v) is 8.42. The normalized spacial score (nSPS) is 14.1. The zero-order chi connectivity index (χ0) is 17.7. The number of hydrogen-bond donors (Lipinski definition) is 0. The zero-order valence-corrected chi connectivity index (χ0v) is 14.8. The summed E-state index contributed by atoms with van der Waals surface area (Å²) in [6.45, 7) is 11.5. The van der Waals surface area contributed by atoms with Crippen LogP contribution in [0.5, 0.6) is 0 Å². The Hall–Kier alpha value is -2.36. The number of likely N-dealkylation sites (N-methyl/N-ethyl adjacent to an activating group) is 1. The second-order valence-electron chi connectivity index (χ2n) is 6.12. The first-order valence-electron chi connectivity index (χ1n) is 8.42. The molecule has 4 nitrogen and oxygen atoms in total. The van der Waals surface area contributed by atoms with Crippen molar-refractivity contribution in [3.8, 4) is 0 Å². The monoisotopic (exact) mass is 326 g/mol. The molecule has 0 fully saturated rings. The molecule has 0 aromatic heterocycles. The summed E-state index contributed by atoms with van der Waals surface area (Å²) in [4.78, 5) is 27.4. The predicted octanol–water partition coefficient (Wildman–Crippen LogP) is 2.95. The van der Waals surface area contributed by atoms with Crippen LogP contribution in [-0.2, 0) is 9.59 Å². The summed E-state index contributed by atoms with van der Waals surface area (Å²) in [6, 6.07) is 6.34. The molecule has 1 aliphatic heterocycles. The molecule has 0 aliphatic carbocycles. The molecule has 4 heteroatoms. The molecule has 0 spiro atoms. The van der Waals surface area contributed by atoms with E-state index in [9.17, 15) is 9.59 Å². The van der Waals surface area contributed by atoms with Crippen molar-refractivity contribution in [2.24, 2.45) is 0 Å². The van der Waals surface area contributed by atoms with Gasteiger partial charge in [-0.1, -0.05) is 30.9 Å². The summed E-state index contributed by atoms with van der Waals surface area (Å²) in [7, 11) is 0. The van der Waals surface area contributed by atoms with E-state index < -0.39 is 0 Å². The second-order valence-corrected chi connectivity index (χ2v) is 6.12. The lowest BCUT2D eigenvalue weighted by atomic mass is 9.93. The van der Waals surface area contributed by atoms with Gasteiger partial charge in [0.15, 0.2) is 0 Å². The second kappa shape index (κ2) is 7.95. The minimum absolute atomic E-state index is 0.0108. The van der Waals surface area contributed by atoms with Gasteiger partial charge in [-0.25, -0.2) is 0 Å². The molecule has 0 saturated carbocycles. The molecule has 24 heavy (non-hydrogen) atoms. The molecule has 0 unspecified atom stereocenters. The average molecular weight is 326 g/mol. The highest BCUT2D eigenvalue weighted by atomic mass is 16.2. The van der Waals surface area contributed by atoms with Crippen molar-refractivity contribution >= 4 is 17.4 Å². The lowest BCUT2D eigenvalue weighted by molar-refractivity contribution is -0.137. The van der Waals surface area contributed by atoms with Crippen LogP contribution in [0.25, 0.3) is 5.57 Å². The molecular weight excluding hydrogens is 300 g/mol. The number of aryl methyl sites for hydroxylation is 1. The first kappa shape index (κ1) is 18.0. The number of nitrogens with zero attached hydrogens (tertiary/aromatic N) is 2. The molecule has 1 aliphatic rings. The quantitative estimate of drug-likeness (QED) is 0.781. The van der Waals surface area contributed by atoms with Crippen LogP contribution in [0.3, 0.4) is 0 Å². The van der Waals surface area contributed by atoms with Crippen LogP contribution in [0, 0.1) is 13.8 Å². The van der Waals surface area contributed by atoms with Gasteiger partial charge in [0.05, 0.1) is 0 Å². The zero-order valence-electron chi connectivity index (χ0n) is 14.8. The van der Waals surface area contributed by atoms with E-state index in [0.717, 1.165) is 6.42 Å². The van der Waals surface area contributed by atoms with E-state index >= 15 is 0 Å². The molecule has 2 rings (SSSR count). The first-order chi connectivity index (χ1) is 11.5. The van der Waals surface area contributed by atoms with Gasteiger partial charge in [0.2, 0.25) is 11.8 Å². The highest BCUT2D eigenvalue weighted by molar-refractivity contribution is 5.91. The van der Waals surface area contributed by atoms with Crippen LogP contribution < -0.4 is 0 Å². The maximum atomic E-state index is 12.4.